The molecule has 2 aliphatic carbocycles. The van der Waals surface area contributed by atoms with Gasteiger partial charge in [0.15, 0.2) is 0 Å². The van der Waals surface area contributed by atoms with Gasteiger partial charge in [-0.2, -0.15) is 0 Å². The number of benzene rings is 5. The van der Waals surface area contributed by atoms with Crippen molar-refractivity contribution in [2.75, 3.05) is 0 Å². The van der Waals surface area contributed by atoms with E-state index < -0.39 is 0 Å². The monoisotopic (exact) mass is 419 g/mol. The van der Waals surface area contributed by atoms with E-state index >= 15 is 0 Å². The highest BCUT2D eigenvalue weighted by atomic mass is 14.7. The number of aromatic nitrogens is 1. The lowest BCUT2D eigenvalue weighted by molar-refractivity contribution is 0.659. The second-order valence-electron chi connectivity index (χ2n) is 10.0. The summed E-state index contributed by atoms with van der Waals surface area (Å²) < 4.78 is 0. The Morgan fingerprint density at radius 2 is 1.33 bits per heavy atom. The summed E-state index contributed by atoms with van der Waals surface area (Å²) in [6.07, 6.45) is 1.91. The van der Waals surface area contributed by atoms with E-state index in [1.54, 1.807) is 0 Å². The van der Waals surface area contributed by atoms with E-state index in [1.165, 1.54) is 71.3 Å². The molecule has 0 aliphatic heterocycles. The zero-order chi connectivity index (χ0) is 21.9. The summed E-state index contributed by atoms with van der Waals surface area (Å²) in [5.41, 5.74) is 10.4. The molecule has 0 bridgehead atoms. The molecule has 0 saturated heterocycles. The third kappa shape index (κ3) is 2.02. The zero-order valence-electron chi connectivity index (χ0n) is 18.6. The van der Waals surface area contributed by atoms with Crippen molar-refractivity contribution in [1.29, 1.82) is 0 Å². The topological polar surface area (TPSA) is 12.9 Å². The van der Waals surface area contributed by atoms with Crippen LogP contribution in [-0.4, -0.2) is 4.98 Å². The fourth-order valence-corrected chi connectivity index (χ4v) is 6.44. The number of hydrogen-bond acceptors (Lipinski definition) is 1. The number of fused-ring (bicyclic) bond motifs is 4. The standard InChI is InChI=1S/C32H21N/c1-32(2)26-7-4-16-33-31(26)25-13-11-20(17-27(25)32)21-14-15-24-22-6-3-5-18-8-9-19-10-12-23(21)30(24)29(19)28(18)22/h3-17H,1-2H3. The van der Waals surface area contributed by atoms with Crippen LogP contribution < -0.4 is 0 Å². The highest BCUT2D eigenvalue weighted by molar-refractivity contribution is 6.34. The first-order valence-corrected chi connectivity index (χ1v) is 11.7. The van der Waals surface area contributed by atoms with E-state index in [0.29, 0.717) is 0 Å². The number of pyridine rings is 1. The molecule has 1 heterocycles. The van der Waals surface area contributed by atoms with Crippen LogP contribution in [0.4, 0.5) is 0 Å². The maximum atomic E-state index is 4.72. The Kier molecular flexibility index (Phi) is 3.03. The molecule has 8 rings (SSSR count). The van der Waals surface area contributed by atoms with Crippen LogP contribution in [0.1, 0.15) is 25.0 Å². The van der Waals surface area contributed by atoms with E-state index in [4.69, 9.17) is 4.98 Å². The Balaban J connectivity index is 1.43. The first-order chi connectivity index (χ1) is 16.1. The minimum atomic E-state index is -0.0479. The average Bonchev–Trinajstić information content (AvgIpc) is 3.31. The molecule has 5 aromatic carbocycles. The lowest BCUT2D eigenvalue weighted by atomic mass is 9.81. The minimum absolute atomic E-state index is 0.0479. The van der Waals surface area contributed by atoms with E-state index in [-0.39, 0.29) is 5.41 Å². The van der Waals surface area contributed by atoms with Gasteiger partial charge in [0.2, 0.25) is 0 Å². The molecule has 154 valence electrons. The Morgan fingerprint density at radius 3 is 2.24 bits per heavy atom. The van der Waals surface area contributed by atoms with Crippen LogP contribution >= 0.6 is 0 Å². The van der Waals surface area contributed by atoms with Gasteiger partial charge in [-0.3, -0.25) is 4.98 Å². The normalized spacial score (nSPS) is 14.6. The second-order valence-corrected chi connectivity index (χ2v) is 10.0. The zero-order valence-corrected chi connectivity index (χ0v) is 18.6. The molecule has 2 aliphatic rings. The molecule has 0 atom stereocenters. The number of rotatable bonds is 1. The first kappa shape index (κ1) is 17.6. The van der Waals surface area contributed by atoms with Crippen molar-refractivity contribution in [2.24, 2.45) is 0 Å². The van der Waals surface area contributed by atoms with Gasteiger partial charge in [0.05, 0.1) is 5.69 Å². The molecule has 0 unspecified atom stereocenters. The molecule has 0 N–H and O–H groups in total. The van der Waals surface area contributed by atoms with Crippen LogP contribution in [0.25, 0.3) is 65.8 Å². The van der Waals surface area contributed by atoms with Crippen molar-refractivity contribution in [3.63, 3.8) is 0 Å². The maximum Gasteiger partial charge on any atom is 0.0745 e. The molecule has 1 heteroatoms. The van der Waals surface area contributed by atoms with Crippen LogP contribution in [0.2, 0.25) is 0 Å². The largest absolute Gasteiger partial charge is 0.256 e. The maximum absolute atomic E-state index is 4.72. The lowest BCUT2D eigenvalue weighted by Crippen LogP contribution is -2.15. The van der Waals surface area contributed by atoms with Gasteiger partial charge in [-0.05, 0) is 77.8 Å². The number of hydrogen-bond donors (Lipinski definition) is 0. The Labute approximate surface area is 192 Å². The van der Waals surface area contributed by atoms with Crippen molar-refractivity contribution in [2.45, 2.75) is 19.3 Å². The summed E-state index contributed by atoms with van der Waals surface area (Å²) in [5, 5.41) is 8.22. The molecule has 0 amide bonds. The van der Waals surface area contributed by atoms with Crippen LogP contribution in [0.5, 0.6) is 0 Å². The predicted molar refractivity (Wildman–Crippen MR) is 139 cm³/mol. The molecular formula is C32H21N. The van der Waals surface area contributed by atoms with Crippen molar-refractivity contribution < 1.29 is 0 Å². The van der Waals surface area contributed by atoms with Crippen LogP contribution in [0, 0.1) is 0 Å². The molecule has 0 saturated carbocycles. The van der Waals surface area contributed by atoms with Crippen molar-refractivity contribution >= 4 is 32.3 Å². The molecule has 6 aromatic rings. The molecular weight excluding hydrogens is 398 g/mol. The third-order valence-corrected chi connectivity index (χ3v) is 8.03. The van der Waals surface area contributed by atoms with Gasteiger partial charge < -0.3 is 0 Å². The summed E-state index contributed by atoms with van der Waals surface area (Å²) in [4.78, 5) is 4.72. The highest BCUT2D eigenvalue weighted by Crippen LogP contribution is 2.51. The van der Waals surface area contributed by atoms with Crippen molar-refractivity contribution in [3.05, 3.63) is 102 Å². The van der Waals surface area contributed by atoms with Gasteiger partial charge in [-0.1, -0.05) is 86.6 Å². The highest BCUT2D eigenvalue weighted by Gasteiger charge is 2.36. The van der Waals surface area contributed by atoms with Gasteiger partial charge in [0, 0.05) is 17.2 Å². The molecule has 1 nitrogen and oxygen atoms in total. The van der Waals surface area contributed by atoms with Gasteiger partial charge >= 0.3 is 0 Å². The molecule has 0 radical (unpaired) electrons. The third-order valence-electron chi connectivity index (χ3n) is 8.03. The van der Waals surface area contributed by atoms with Gasteiger partial charge in [-0.15, -0.1) is 0 Å². The Bertz CT molecular complexity index is 1840. The van der Waals surface area contributed by atoms with E-state index in [9.17, 15) is 0 Å². The van der Waals surface area contributed by atoms with E-state index in [1.807, 2.05) is 6.20 Å². The molecule has 1 aromatic heterocycles. The SMILES string of the molecule is CC1(C)c2cc(-c3ccc4c5c3ccc3ccc6cccc-4c6c35)ccc2-c2ncccc21. The lowest BCUT2D eigenvalue weighted by Gasteiger charge is -2.21. The van der Waals surface area contributed by atoms with E-state index in [2.05, 4.69) is 98.8 Å². The fraction of sp³-hybridized carbons (Fsp3) is 0.0938. The fourth-order valence-electron chi connectivity index (χ4n) is 6.44. The van der Waals surface area contributed by atoms with Gasteiger partial charge in [0.1, 0.15) is 0 Å². The van der Waals surface area contributed by atoms with Gasteiger partial charge in [-0.25, -0.2) is 0 Å². The molecule has 0 spiro atoms. The number of nitrogens with zero attached hydrogens (tertiary/aromatic N) is 1. The van der Waals surface area contributed by atoms with E-state index in [0.717, 1.165) is 5.69 Å². The summed E-state index contributed by atoms with van der Waals surface area (Å²) in [7, 11) is 0. The predicted octanol–water partition coefficient (Wildman–Crippen LogP) is 8.49. The van der Waals surface area contributed by atoms with Gasteiger partial charge in [0.25, 0.3) is 0 Å². The summed E-state index contributed by atoms with van der Waals surface area (Å²) in [5.74, 6) is 0. The molecule has 0 fully saturated rings. The first-order valence-electron chi connectivity index (χ1n) is 11.7. The van der Waals surface area contributed by atoms with Crippen LogP contribution in [0.15, 0.2) is 91.1 Å². The average molecular weight is 420 g/mol. The second kappa shape index (κ2) is 5.68. The summed E-state index contributed by atoms with van der Waals surface area (Å²) in [6, 6.07) is 31.7. The Morgan fingerprint density at radius 1 is 0.576 bits per heavy atom. The smallest absolute Gasteiger partial charge is 0.0745 e. The van der Waals surface area contributed by atoms with Crippen LogP contribution in [0.3, 0.4) is 0 Å². The van der Waals surface area contributed by atoms with Crippen molar-refractivity contribution in [3.8, 4) is 33.5 Å². The molecule has 33 heavy (non-hydrogen) atoms. The van der Waals surface area contributed by atoms with Crippen LogP contribution in [-0.2, 0) is 5.41 Å². The quantitative estimate of drug-likeness (QED) is 0.243. The van der Waals surface area contributed by atoms with Crippen molar-refractivity contribution in [1.82, 2.24) is 4.98 Å². The summed E-state index contributed by atoms with van der Waals surface area (Å²) in [6.45, 7) is 4.64. The summed E-state index contributed by atoms with van der Waals surface area (Å²) >= 11 is 0. The minimum Gasteiger partial charge on any atom is -0.256 e. The Hall–Kier alpha value is -3.97.